The van der Waals surface area contributed by atoms with Crippen molar-refractivity contribution in [2.75, 3.05) is 17.2 Å². The minimum absolute atomic E-state index is 0.0407. The van der Waals surface area contributed by atoms with Crippen LogP contribution in [0.2, 0.25) is 0 Å². The summed E-state index contributed by atoms with van der Waals surface area (Å²) in [6, 6.07) is 8.34. The summed E-state index contributed by atoms with van der Waals surface area (Å²) in [6.45, 7) is 4.78. The summed E-state index contributed by atoms with van der Waals surface area (Å²) in [7, 11) is 0. The van der Waals surface area contributed by atoms with E-state index in [4.69, 9.17) is 4.74 Å². The summed E-state index contributed by atoms with van der Waals surface area (Å²) in [5.74, 6) is 0.0407. The Morgan fingerprint density at radius 1 is 1.32 bits per heavy atom. The number of hydrogen-bond acceptors (Lipinski definition) is 3. The van der Waals surface area contributed by atoms with Crippen molar-refractivity contribution in [1.82, 2.24) is 0 Å². The minimum atomic E-state index is 0.0407. The molecule has 0 spiro atoms. The van der Waals surface area contributed by atoms with Crippen LogP contribution >= 0.6 is 0 Å². The fourth-order valence-corrected chi connectivity index (χ4v) is 2.26. The quantitative estimate of drug-likeness (QED) is 0.877. The maximum atomic E-state index is 11.3. The second-order valence-electron chi connectivity index (χ2n) is 5.03. The Bertz CT molecular complexity index is 417. The van der Waals surface area contributed by atoms with Crippen LogP contribution in [0.25, 0.3) is 0 Å². The molecule has 2 atom stereocenters. The molecule has 1 aromatic carbocycles. The van der Waals surface area contributed by atoms with Gasteiger partial charge in [-0.2, -0.15) is 0 Å². The van der Waals surface area contributed by atoms with Crippen molar-refractivity contribution in [3.63, 3.8) is 0 Å². The van der Waals surface area contributed by atoms with Gasteiger partial charge in [0.1, 0.15) is 0 Å². The second kappa shape index (κ2) is 6.57. The maximum absolute atomic E-state index is 11.3. The molecule has 4 nitrogen and oxygen atoms in total. The normalized spacial score (nSPS) is 22.8. The molecule has 0 aliphatic carbocycles. The Morgan fingerprint density at radius 3 is 2.63 bits per heavy atom. The molecule has 1 aliphatic heterocycles. The second-order valence-corrected chi connectivity index (χ2v) is 5.03. The Labute approximate surface area is 114 Å². The van der Waals surface area contributed by atoms with Crippen LogP contribution in [0.5, 0.6) is 0 Å². The standard InChI is InChI=1S/C15H22N2O2/c1-3-15(18)17-13-6-4-12(5-7-13)16-14-8-9-19-11(2)10-14/h4-7,11,14,16H,3,8-10H2,1-2H3,(H,17,18). The molecule has 2 N–H and O–H groups in total. The van der Waals surface area contributed by atoms with Gasteiger partial charge in [0.15, 0.2) is 0 Å². The van der Waals surface area contributed by atoms with Crippen molar-refractivity contribution < 1.29 is 9.53 Å². The van der Waals surface area contributed by atoms with E-state index in [-0.39, 0.29) is 5.91 Å². The summed E-state index contributed by atoms with van der Waals surface area (Å²) >= 11 is 0. The molecule has 104 valence electrons. The van der Waals surface area contributed by atoms with E-state index in [0.717, 1.165) is 30.8 Å². The Kier molecular flexibility index (Phi) is 4.80. The van der Waals surface area contributed by atoms with E-state index in [1.807, 2.05) is 31.2 Å². The van der Waals surface area contributed by atoms with Crippen molar-refractivity contribution in [2.24, 2.45) is 0 Å². The van der Waals surface area contributed by atoms with Gasteiger partial charge in [-0.15, -0.1) is 0 Å². The largest absolute Gasteiger partial charge is 0.382 e. The highest BCUT2D eigenvalue weighted by Gasteiger charge is 2.18. The highest BCUT2D eigenvalue weighted by Crippen LogP contribution is 2.20. The molecule has 0 aromatic heterocycles. The van der Waals surface area contributed by atoms with Gasteiger partial charge in [0.2, 0.25) is 5.91 Å². The van der Waals surface area contributed by atoms with Crippen LogP contribution in [0.1, 0.15) is 33.1 Å². The van der Waals surface area contributed by atoms with Crippen molar-refractivity contribution in [3.8, 4) is 0 Å². The van der Waals surface area contributed by atoms with Crippen LogP contribution in [0.4, 0.5) is 11.4 Å². The van der Waals surface area contributed by atoms with E-state index >= 15 is 0 Å². The topological polar surface area (TPSA) is 50.4 Å². The van der Waals surface area contributed by atoms with Crippen LogP contribution in [-0.4, -0.2) is 24.7 Å². The molecule has 0 saturated carbocycles. The number of nitrogens with one attached hydrogen (secondary N) is 2. The first-order valence-corrected chi connectivity index (χ1v) is 6.95. The van der Waals surface area contributed by atoms with Crippen molar-refractivity contribution in [3.05, 3.63) is 24.3 Å². The lowest BCUT2D eigenvalue weighted by Gasteiger charge is -2.28. The lowest BCUT2D eigenvalue weighted by Crippen LogP contribution is -2.32. The van der Waals surface area contributed by atoms with Gasteiger partial charge < -0.3 is 15.4 Å². The van der Waals surface area contributed by atoms with E-state index in [1.54, 1.807) is 0 Å². The van der Waals surface area contributed by atoms with E-state index in [0.29, 0.717) is 18.6 Å². The fourth-order valence-electron chi connectivity index (χ4n) is 2.26. The van der Waals surface area contributed by atoms with Crippen LogP contribution < -0.4 is 10.6 Å². The number of hydrogen-bond donors (Lipinski definition) is 2. The molecule has 2 rings (SSSR count). The summed E-state index contributed by atoms with van der Waals surface area (Å²) < 4.78 is 5.53. The third-order valence-corrected chi connectivity index (χ3v) is 3.35. The van der Waals surface area contributed by atoms with Crippen molar-refractivity contribution in [2.45, 2.75) is 45.3 Å². The Balaban J connectivity index is 1.89. The lowest BCUT2D eigenvalue weighted by molar-refractivity contribution is -0.115. The number of carbonyl (C=O) groups is 1. The van der Waals surface area contributed by atoms with Gasteiger partial charge in [-0.05, 0) is 44.0 Å². The first-order chi connectivity index (χ1) is 9.17. The third kappa shape index (κ3) is 4.24. The van der Waals surface area contributed by atoms with Crippen LogP contribution in [-0.2, 0) is 9.53 Å². The smallest absolute Gasteiger partial charge is 0.224 e. The number of anilines is 2. The molecule has 1 saturated heterocycles. The van der Waals surface area contributed by atoms with Gasteiger partial charge in [0, 0.05) is 30.4 Å². The third-order valence-electron chi connectivity index (χ3n) is 3.35. The Morgan fingerprint density at radius 2 is 2.00 bits per heavy atom. The molecule has 4 heteroatoms. The monoisotopic (exact) mass is 262 g/mol. The molecule has 1 fully saturated rings. The van der Waals surface area contributed by atoms with Gasteiger partial charge >= 0.3 is 0 Å². The molecule has 0 radical (unpaired) electrons. The summed E-state index contributed by atoms with van der Waals surface area (Å²) in [5.41, 5.74) is 1.94. The highest BCUT2D eigenvalue weighted by molar-refractivity contribution is 5.90. The zero-order valence-electron chi connectivity index (χ0n) is 11.6. The molecule has 19 heavy (non-hydrogen) atoms. The van der Waals surface area contributed by atoms with Gasteiger partial charge in [-0.3, -0.25) is 4.79 Å². The molecule has 1 heterocycles. The first kappa shape index (κ1) is 13.9. The van der Waals surface area contributed by atoms with Gasteiger partial charge in [0.25, 0.3) is 0 Å². The molecule has 2 unspecified atom stereocenters. The number of benzene rings is 1. The average Bonchev–Trinajstić information content (AvgIpc) is 2.41. The van der Waals surface area contributed by atoms with Gasteiger partial charge in [-0.25, -0.2) is 0 Å². The average molecular weight is 262 g/mol. The van der Waals surface area contributed by atoms with Crippen LogP contribution in [0.15, 0.2) is 24.3 Å². The number of rotatable bonds is 4. The zero-order valence-corrected chi connectivity index (χ0v) is 11.6. The summed E-state index contributed by atoms with van der Waals surface area (Å²) in [4.78, 5) is 11.3. The molecule has 1 aliphatic rings. The van der Waals surface area contributed by atoms with Gasteiger partial charge in [-0.1, -0.05) is 6.92 Å². The van der Waals surface area contributed by atoms with E-state index in [9.17, 15) is 4.79 Å². The molecular weight excluding hydrogens is 240 g/mol. The number of amides is 1. The van der Waals surface area contributed by atoms with E-state index in [1.165, 1.54) is 0 Å². The summed E-state index contributed by atoms with van der Waals surface area (Å²) in [5, 5.41) is 6.36. The maximum Gasteiger partial charge on any atom is 0.224 e. The zero-order chi connectivity index (χ0) is 13.7. The highest BCUT2D eigenvalue weighted by atomic mass is 16.5. The predicted octanol–water partition coefficient (Wildman–Crippen LogP) is 3.01. The van der Waals surface area contributed by atoms with Crippen molar-refractivity contribution >= 4 is 17.3 Å². The number of carbonyl (C=O) groups excluding carboxylic acids is 1. The number of ether oxygens (including phenoxy) is 1. The summed E-state index contributed by atoms with van der Waals surface area (Å²) in [6.07, 6.45) is 2.90. The van der Waals surface area contributed by atoms with Crippen LogP contribution in [0.3, 0.4) is 0 Å². The predicted molar refractivity (Wildman–Crippen MR) is 77.4 cm³/mol. The lowest BCUT2D eigenvalue weighted by atomic mass is 10.0. The van der Waals surface area contributed by atoms with Crippen molar-refractivity contribution in [1.29, 1.82) is 0 Å². The molecule has 1 aromatic rings. The van der Waals surface area contributed by atoms with Gasteiger partial charge in [0.05, 0.1) is 6.10 Å². The van der Waals surface area contributed by atoms with E-state index in [2.05, 4.69) is 17.6 Å². The van der Waals surface area contributed by atoms with E-state index < -0.39 is 0 Å². The van der Waals surface area contributed by atoms with Crippen LogP contribution in [0, 0.1) is 0 Å². The molecular formula is C15H22N2O2. The fraction of sp³-hybridized carbons (Fsp3) is 0.533. The minimum Gasteiger partial charge on any atom is -0.382 e. The Hall–Kier alpha value is -1.55. The first-order valence-electron chi connectivity index (χ1n) is 6.95. The molecule has 1 amide bonds. The SMILES string of the molecule is CCC(=O)Nc1ccc(NC2CCOC(C)C2)cc1. The molecule has 0 bridgehead atoms.